The first kappa shape index (κ1) is 54.9. The van der Waals surface area contributed by atoms with Crippen molar-refractivity contribution in [1.82, 2.24) is 0 Å². The third-order valence-corrected chi connectivity index (χ3v) is 11.1. The molecule has 1 saturated heterocycles. The number of carbonyl (C=O) groups is 2. The van der Waals surface area contributed by atoms with Crippen LogP contribution in [0.2, 0.25) is 0 Å². The molecule has 0 aromatic carbocycles. The molecule has 0 bridgehead atoms. The predicted molar refractivity (Wildman–Crippen MR) is 238 cm³/mol. The van der Waals surface area contributed by atoms with E-state index in [0.29, 0.717) is 6.42 Å². The molecule has 1 heterocycles. The Balaban J connectivity index is 2.33. The molecular weight excluding hydrogens is 749 g/mol. The zero-order valence-electron chi connectivity index (χ0n) is 37.5. The molecule has 6 atom stereocenters. The number of hydrogen-bond acceptors (Lipinski definition) is 10. The van der Waals surface area contributed by atoms with Crippen molar-refractivity contribution >= 4 is 11.9 Å². The van der Waals surface area contributed by atoms with E-state index >= 15 is 0 Å². The van der Waals surface area contributed by atoms with Crippen LogP contribution in [0.3, 0.4) is 0 Å². The van der Waals surface area contributed by atoms with Crippen LogP contribution in [0.15, 0.2) is 36.5 Å². The van der Waals surface area contributed by atoms with Gasteiger partial charge >= 0.3 is 11.9 Å². The van der Waals surface area contributed by atoms with Gasteiger partial charge in [-0.15, -0.1) is 0 Å². The maximum atomic E-state index is 12.8. The van der Waals surface area contributed by atoms with Crippen molar-refractivity contribution in [3.63, 3.8) is 0 Å². The second kappa shape index (κ2) is 40.0. The van der Waals surface area contributed by atoms with Crippen LogP contribution in [0.25, 0.3) is 0 Å². The monoisotopic (exact) mass is 837 g/mol. The van der Waals surface area contributed by atoms with Gasteiger partial charge in [-0.25, -0.2) is 4.79 Å². The Morgan fingerprint density at radius 3 is 1.51 bits per heavy atom. The van der Waals surface area contributed by atoms with Crippen LogP contribution in [0.5, 0.6) is 0 Å². The fourth-order valence-corrected chi connectivity index (χ4v) is 7.27. The van der Waals surface area contributed by atoms with Crippen molar-refractivity contribution in [1.29, 1.82) is 0 Å². The second-order valence-electron chi connectivity index (χ2n) is 16.6. The van der Waals surface area contributed by atoms with E-state index in [-0.39, 0.29) is 19.6 Å². The zero-order valence-corrected chi connectivity index (χ0v) is 37.5. The number of hydrogen-bond donors (Lipinski definition) is 4. The van der Waals surface area contributed by atoms with Crippen LogP contribution >= 0.6 is 0 Å². The predicted octanol–water partition coefficient (Wildman–Crippen LogP) is 10.7. The van der Waals surface area contributed by atoms with E-state index in [1.54, 1.807) is 6.08 Å². The fourth-order valence-electron chi connectivity index (χ4n) is 7.27. The normalized spacial score (nSPS) is 20.3. The van der Waals surface area contributed by atoms with Gasteiger partial charge in [-0.1, -0.05) is 185 Å². The average Bonchev–Trinajstić information content (AvgIpc) is 3.23. The fraction of sp³-hybridized carbons (Fsp3) is 0.837. The van der Waals surface area contributed by atoms with Gasteiger partial charge in [0.05, 0.1) is 13.2 Å². The van der Waals surface area contributed by atoms with Gasteiger partial charge < -0.3 is 39.4 Å². The van der Waals surface area contributed by atoms with Crippen molar-refractivity contribution in [2.45, 2.75) is 243 Å². The van der Waals surface area contributed by atoms with Gasteiger partial charge in [-0.3, -0.25) is 4.79 Å². The molecule has 0 saturated carbocycles. The number of rotatable bonds is 40. The topological polar surface area (TPSA) is 152 Å². The lowest BCUT2D eigenvalue weighted by molar-refractivity contribution is -0.305. The van der Waals surface area contributed by atoms with E-state index in [4.69, 9.17) is 18.9 Å². The number of allylic oxidation sites excluding steroid dienone is 5. The molecule has 10 nitrogen and oxygen atoms in total. The largest absolute Gasteiger partial charge is 0.458 e. The Morgan fingerprint density at radius 1 is 0.559 bits per heavy atom. The summed E-state index contributed by atoms with van der Waals surface area (Å²) in [6.07, 6.45) is 39.2. The minimum absolute atomic E-state index is 0.209. The SMILES string of the molecule is CCCCCCCC/C=C/CCCCCCCCCCCC(=O)O[C@H](COC(=O)/C=C/C=C/CCCCCCCCCCCCC)CO[C@@H]1O[C@H](CO)[C@H](O)C(O)C1O. The van der Waals surface area contributed by atoms with Crippen molar-refractivity contribution < 1.29 is 49.0 Å². The highest BCUT2D eigenvalue weighted by Crippen LogP contribution is 2.23. The number of unbranched alkanes of at least 4 members (excludes halogenated alkanes) is 26. The van der Waals surface area contributed by atoms with Crippen LogP contribution in [0, 0.1) is 0 Å². The number of carbonyl (C=O) groups excluding carboxylic acids is 2. The van der Waals surface area contributed by atoms with Crippen LogP contribution in [0.1, 0.15) is 206 Å². The van der Waals surface area contributed by atoms with E-state index in [2.05, 4.69) is 26.0 Å². The molecule has 1 fully saturated rings. The Kier molecular flexibility index (Phi) is 37.3. The first-order chi connectivity index (χ1) is 28.8. The Labute approximate surface area is 359 Å². The first-order valence-corrected chi connectivity index (χ1v) is 24.1. The standard InChI is InChI=1S/C49H88O10/c1-3-5-7-9-11-13-15-17-19-20-21-22-24-26-28-30-32-34-36-38-45(52)58-42(41-57-49-48(55)47(54)46(53)43(39-50)59-49)40-56-44(51)37-35-33-31-29-27-25-23-18-16-14-12-10-8-6-4-2/h17,19,31,33,35,37,42-43,46-50,53-55H,3-16,18,20-30,32,34,36,38-41H2,1-2H3/b19-17+,33-31+,37-35+/t42-,43-,46+,47?,48?,49-/m1/s1. The Hall–Kier alpha value is -2.08. The van der Waals surface area contributed by atoms with E-state index in [0.717, 1.165) is 32.1 Å². The van der Waals surface area contributed by atoms with Crippen molar-refractivity contribution in [2.75, 3.05) is 19.8 Å². The van der Waals surface area contributed by atoms with Crippen LogP contribution in [-0.4, -0.2) is 89.0 Å². The van der Waals surface area contributed by atoms with Crippen LogP contribution in [0.4, 0.5) is 0 Å². The van der Waals surface area contributed by atoms with E-state index in [1.807, 2.05) is 12.2 Å². The van der Waals surface area contributed by atoms with Gasteiger partial charge in [0, 0.05) is 12.5 Å². The molecule has 0 spiro atoms. The summed E-state index contributed by atoms with van der Waals surface area (Å²) >= 11 is 0. The summed E-state index contributed by atoms with van der Waals surface area (Å²) in [4.78, 5) is 25.3. The third-order valence-electron chi connectivity index (χ3n) is 11.1. The summed E-state index contributed by atoms with van der Waals surface area (Å²) in [7, 11) is 0. The molecule has 2 unspecified atom stereocenters. The maximum Gasteiger partial charge on any atom is 0.330 e. The van der Waals surface area contributed by atoms with Crippen molar-refractivity contribution in [3.8, 4) is 0 Å². The Morgan fingerprint density at radius 2 is 1.02 bits per heavy atom. The lowest BCUT2D eigenvalue weighted by Crippen LogP contribution is -2.59. The van der Waals surface area contributed by atoms with Gasteiger partial charge in [0.25, 0.3) is 0 Å². The summed E-state index contributed by atoms with van der Waals surface area (Å²) in [5.74, 6) is -1.06. The molecule has 0 aromatic heterocycles. The minimum Gasteiger partial charge on any atom is -0.458 e. The van der Waals surface area contributed by atoms with Gasteiger partial charge in [-0.2, -0.15) is 0 Å². The van der Waals surface area contributed by atoms with E-state index in [9.17, 15) is 30.0 Å². The number of aliphatic hydroxyl groups is 4. The van der Waals surface area contributed by atoms with Crippen molar-refractivity contribution in [3.05, 3.63) is 36.5 Å². The molecule has 0 aromatic rings. The summed E-state index contributed by atoms with van der Waals surface area (Å²) in [6, 6.07) is 0. The minimum atomic E-state index is -1.61. The molecule has 0 radical (unpaired) electrons. The number of ether oxygens (including phenoxy) is 4. The zero-order chi connectivity index (χ0) is 43.0. The van der Waals surface area contributed by atoms with Gasteiger partial charge in [0.1, 0.15) is 31.0 Å². The number of aliphatic hydroxyl groups excluding tert-OH is 4. The average molecular weight is 837 g/mol. The lowest BCUT2D eigenvalue weighted by atomic mass is 9.99. The molecule has 1 rings (SSSR count). The van der Waals surface area contributed by atoms with Crippen molar-refractivity contribution in [2.24, 2.45) is 0 Å². The quantitative estimate of drug-likeness (QED) is 0.0154. The highest BCUT2D eigenvalue weighted by Gasteiger charge is 2.44. The second-order valence-corrected chi connectivity index (χ2v) is 16.6. The lowest BCUT2D eigenvalue weighted by Gasteiger charge is -2.39. The molecule has 344 valence electrons. The Bertz CT molecular complexity index is 1060. The molecule has 1 aliphatic heterocycles. The summed E-state index contributed by atoms with van der Waals surface area (Å²) in [5.41, 5.74) is 0. The van der Waals surface area contributed by atoms with Gasteiger partial charge in [0.15, 0.2) is 12.4 Å². The summed E-state index contributed by atoms with van der Waals surface area (Å²) in [6.45, 7) is 3.32. The number of esters is 2. The summed E-state index contributed by atoms with van der Waals surface area (Å²) in [5, 5.41) is 40.1. The smallest absolute Gasteiger partial charge is 0.330 e. The molecule has 0 amide bonds. The molecule has 10 heteroatoms. The molecule has 1 aliphatic rings. The van der Waals surface area contributed by atoms with Crippen LogP contribution < -0.4 is 0 Å². The first-order valence-electron chi connectivity index (χ1n) is 24.1. The highest BCUT2D eigenvalue weighted by molar-refractivity contribution is 5.82. The molecule has 4 N–H and O–H groups in total. The van der Waals surface area contributed by atoms with E-state index < -0.39 is 55.4 Å². The van der Waals surface area contributed by atoms with Crippen LogP contribution in [-0.2, 0) is 28.5 Å². The van der Waals surface area contributed by atoms with Gasteiger partial charge in [0.2, 0.25) is 0 Å². The maximum absolute atomic E-state index is 12.8. The molecule has 59 heavy (non-hydrogen) atoms. The highest BCUT2D eigenvalue weighted by atomic mass is 16.7. The third kappa shape index (κ3) is 31.4. The van der Waals surface area contributed by atoms with Gasteiger partial charge in [-0.05, 0) is 44.9 Å². The summed E-state index contributed by atoms with van der Waals surface area (Å²) < 4.78 is 22.0. The molecule has 0 aliphatic carbocycles. The van der Waals surface area contributed by atoms with E-state index in [1.165, 1.54) is 154 Å². The molecular formula is C49H88O10.